The average Bonchev–Trinajstić information content (AvgIpc) is 2.20. The highest BCUT2D eigenvalue weighted by Gasteiger charge is 2.01. The summed E-state index contributed by atoms with van der Waals surface area (Å²) < 4.78 is 10.6. The minimum atomic E-state index is 0.623. The molecule has 1 aromatic rings. The van der Waals surface area contributed by atoms with Gasteiger partial charge < -0.3 is 20.1 Å². The summed E-state index contributed by atoms with van der Waals surface area (Å²) in [6, 6.07) is 5.42. The maximum absolute atomic E-state index is 5.69. The molecule has 0 aliphatic heterocycles. The van der Waals surface area contributed by atoms with E-state index in [0.717, 1.165) is 12.3 Å². The number of nitrogens with two attached hydrogens (primary N) is 1. The molecule has 0 aromatic heterocycles. The van der Waals surface area contributed by atoms with E-state index in [-0.39, 0.29) is 0 Å². The number of hydrogen-bond donors (Lipinski definition) is 1. The minimum absolute atomic E-state index is 0.623. The van der Waals surface area contributed by atoms with E-state index in [2.05, 4.69) is 4.90 Å². The first-order valence-electron chi connectivity index (χ1n) is 4.84. The summed E-state index contributed by atoms with van der Waals surface area (Å²) >= 11 is 0. The highest BCUT2D eigenvalue weighted by atomic mass is 16.5. The molecule has 2 N–H and O–H groups in total. The van der Waals surface area contributed by atoms with Crippen LogP contribution in [-0.4, -0.2) is 39.3 Å². The molecule has 4 heteroatoms. The molecular weight excluding hydrogens is 192 g/mol. The fraction of sp³-hybridized carbons (Fsp3) is 0.455. The summed E-state index contributed by atoms with van der Waals surface area (Å²) in [6.45, 7) is 1.53. The molecule has 0 saturated heterocycles. The number of ether oxygens (including phenoxy) is 2. The van der Waals surface area contributed by atoms with Crippen molar-refractivity contribution in [3.8, 4) is 11.5 Å². The van der Waals surface area contributed by atoms with Gasteiger partial charge in [-0.2, -0.15) is 0 Å². The van der Waals surface area contributed by atoms with Gasteiger partial charge in [-0.05, 0) is 26.2 Å². The maximum Gasteiger partial charge on any atom is 0.145 e. The van der Waals surface area contributed by atoms with Gasteiger partial charge in [0.25, 0.3) is 0 Å². The van der Waals surface area contributed by atoms with Crippen molar-refractivity contribution in [2.75, 3.05) is 40.1 Å². The topological polar surface area (TPSA) is 47.7 Å². The fourth-order valence-corrected chi connectivity index (χ4v) is 1.13. The lowest BCUT2D eigenvalue weighted by Crippen LogP contribution is -2.19. The van der Waals surface area contributed by atoms with E-state index >= 15 is 0 Å². The van der Waals surface area contributed by atoms with E-state index in [1.54, 1.807) is 19.2 Å². The lowest BCUT2D eigenvalue weighted by Gasteiger charge is -2.12. The largest absolute Gasteiger partial charge is 0.494 e. The lowest BCUT2D eigenvalue weighted by molar-refractivity contribution is 0.260. The zero-order chi connectivity index (χ0) is 11.3. The summed E-state index contributed by atoms with van der Waals surface area (Å²) in [5, 5.41) is 0. The standard InChI is InChI=1S/C11H18N2O2/c1-13(2)6-7-15-9-4-5-10(12)11(8-9)14-3/h4-5,8H,6-7,12H2,1-3H3. The van der Waals surface area contributed by atoms with Crippen LogP contribution >= 0.6 is 0 Å². The molecule has 0 unspecified atom stereocenters. The number of nitrogen functional groups attached to an aromatic ring is 1. The van der Waals surface area contributed by atoms with Crippen LogP contribution in [0, 0.1) is 0 Å². The summed E-state index contributed by atoms with van der Waals surface area (Å²) in [6.07, 6.45) is 0. The first-order valence-corrected chi connectivity index (χ1v) is 4.84. The van der Waals surface area contributed by atoms with Crippen molar-refractivity contribution >= 4 is 5.69 Å². The molecule has 4 nitrogen and oxygen atoms in total. The van der Waals surface area contributed by atoms with Gasteiger partial charge >= 0.3 is 0 Å². The molecular formula is C11H18N2O2. The Kier molecular flexibility index (Phi) is 4.24. The molecule has 84 valence electrons. The molecule has 1 aromatic carbocycles. The predicted octanol–water partition coefficient (Wildman–Crippen LogP) is 1.22. The van der Waals surface area contributed by atoms with Gasteiger partial charge in [0.1, 0.15) is 18.1 Å². The SMILES string of the molecule is COc1cc(OCCN(C)C)ccc1N. The summed E-state index contributed by atoms with van der Waals surface area (Å²) in [7, 11) is 5.61. The van der Waals surface area contributed by atoms with Crippen molar-refractivity contribution in [2.24, 2.45) is 0 Å². The third-order valence-electron chi connectivity index (χ3n) is 2.01. The van der Waals surface area contributed by atoms with Crippen molar-refractivity contribution in [1.29, 1.82) is 0 Å². The molecule has 0 saturated carbocycles. The van der Waals surface area contributed by atoms with Crippen LogP contribution in [0.15, 0.2) is 18.2 Å². The average molecular weight is 210 g/mol. The Morgan fingerprint density at radius 2 is 2.07 bits per heavy atom. The van der Waals surface area contributed by atoms with E-state index in [1.807, 2.05) is 20.2 Å². The van der Waals surface area contributed by atoms with E-state index in [4.69, 9.17) is 15.2 Å². The molecule has 0 heterocycles. The van der Waals surface area contributed by atoms with Crippen LogP contribution in [0.2, 0.25) is 0 Å². The zero-order valence-corrected chi connectivity index (χ0v) is 9.49. The second-order valence-electron chi connectivity index (χ2n) is 3.56. The Hall–Kier alpha value is -1.42. The number of likely N-dealkylation sites (N-methyl/N-ethyl adjacent to an activating group) is 1. The van der Waals surface area contributed by atoms with Crippen molar-refractivity contribution in [3.63, 3.8) is 0 Å². The van der Waals surface area contributed by atoms with Gasteiger partial charge in [0, 0.05) is 12.6 Å². The third kappa shape index (κ3) is 3.67. The number of hydrogen-bond acceptors (Lipinski definition) is 4. The number of benzene rings is 1. The molecule has 0 spiro atoms. The first-order chi connectivity index (χ1) is 7.13. The number of anilines is 1. The van der Waals surface area contributed by atoms with E-state index < -0.39 is 0 Å². The van der Waals surface area contributed by atoms with Crippen LogP contribution < -0.4 is 15.2 Å². The van der Waals surface area contributed by atoms with Crippen LogP contribution in [0.25, 0.3) is 0 Å². The second-order valence-corrected chi connectivity index (χ2v) is 3.56. The summed E-state index contributed by atoms with van der Waals surface area (Å²) in [5.74, 6) is 1.43. The second kappa shape index (κ2) is 5.46. The Morgan fingerprint density at radius 1 is 1.33 bits per heavy atom. The molecule has 0 aliphatic carbocycles. The molecule has 0 aliphatic rings. The highest BCUT2D eigenvalue weighted by molar-refractivity contribution is 5.55. The van der Waals surface area contributed by atoms with E-state index in [0.29, 0.717) is 18.0 Å². The molecule has 0 radical (unpaired) electrons. The fourth-order valence-electron chi connectivity index (χ4n) is 1.13. The lowest BCUT2D eigenvalue weighted by atomic mass is 10.3. The van der Waals surface area contributed by atoms with Gasteiger partial charge in [-0.3, -0.25) is 0 Å². The van der Waals surface area contributed by atoms with Crippen molar-refractivity contribution in [1.82, 2.24) is 4.90 Å². The zero-order valence-electron chi connectivity index (χ0n) is 9.49. The van der Waals surface area contributed by atoms with Gasteiger partial charge in [-0.15, -0.1) is 0 Å². The van der Waals surface area contributed by atoms with Crippen molar-refractivity contribution in [3.05, 3.63) is 18.2 Å². The maximum atomic E-state index is 5.69. The Balaban J connectivity index is 2.54. The number of methoxy groups -OCH3 is 1. The van der Waals surface area contributed by atoms with Gasteiger partial charge in [0.05, 0.1) is 12.8 Å². The Labute approximate surface area is 90.6 Å². The van der Waals surface area contributed by atoms with Crippen LogP contribution in [0.4, 0.5) is 5.69 Å². The summed E-state index contributed by atoms with van der Waals surface area (Å²) in [5.41, 5.74) is 6.31. The molecule has 0 fully saturated rings. The van der Waals surface area contributed by atoms with Gasteiger partial charge in [0.2, 0.25) is 0 Å². The van der Waals surface area contributed by atoms with Gasteiger partial charge in [-0.25, -0.2) is 0 Å². The normalized spacial score (nSPS) is 10.4. The quantitative estimate of drug-likeness (QED) is 0.742. The van der Waals surface area contributed by atoms with Crippen molar-refractivity contribution < 1.29 is 9.47 Å². The molecule has 1 rings (SSSR count). The van der Waals surface area contributed by atoms with Crippen LogP contribution in [0.1, 0.15) is 0 Å². The Bertz CT molecular complexity index is 313. The van der Waals surface area contributed by atoms with Crippen LogP contribution in [0.5, 0.6) is 11.5 Å². The molecule has 0 atom stereocenters. The first kappa shape index (κ1) is 11.7. The smallest absolute Gasteiger partial charge is 0.145 e. The number of nitrogens with zero attached hydrogens (tertiary/aromatic N) is 1. The molecule has 0 bridgehead atoms. The highest BCUT2D eigenvalue weighted by Crippen LogP contribution is 2.26. The van der Waals surface area contributed by atoms with Crippen LogP contribution in [-0.2, 0) is 0 Å². The van der Waals surface area contributed by atoms with Crippen LogP contribution in [0.3, 0.4) is 0 Å². The molecule has 0 amide bonds. The van der Waals surface area contributed by atoms with Gasteiger partial charge in [0.15, 0.2) is 0 Å². The van der Waals surface area contributed by atoms with Crippen molar-refractivity contribution in [2.45, 2.75) is 0 Å². The Morgan fingerprint density at radius 3 is 2.67 bits per heavy atom. The summed E-state index contributed by atoms with van der Waals surface area (Å²) in [4.78, 5) is 2.06. The predicted molar refractivity (Wildman–Crippen MR) is 61.5 cm³/mol. The van der Waals surface area contributed by atoms with E-state index in [9.17, 15) is 0 Å². The van der Waals surface area contributed by atoms with Gasteiger partial charge in [-0.1, -0.05) is 0 Å². The molecule has 15 heavy (non-hydrogen) atoms. The minimum Gasteiger partial charge on any atom is -0.494 e. The van der Waals surface area contributed by atoms with E-state index in [1.165, 1.54) is 0 Å². The third-order valence-corrected chi connectivity index (χ3v) is 2.01. The number of rotatable bonds is 5. The monoisotopic (exact) mass is 210 g/mol.